The SMILES string of the molecule is COc1cc(-c2ccc(F)cn2)cc2c(NC(C)c3noc(C)n3)ncnc12.CS(=O)(=O)O. The van der Waals surface area contributed by atoms with Crippen LogP contribution in [0, 0.1) is 12.7 Å². The van der Waals surface area contributed by atoms with Crippen molar-refractivity contribution >= 4 is 26.8 Å². The topological polar surface area (TPSA) is 153 Å². The van der Waals surface area contributed by atoms with Crippen molar-refractivity contribution in [3.63, 3.8) is 0 Å². The summed E-state index contributed by atoms with van der Waals surface area (Å²) >= 11 is 0. The van der Waals surface area contributed by atoms with Crippen molar-refractivity contribution in [3.05, 3.63) is 54.3 Å². The molecule has 4 rings (SSSR count). The average molecular weight is 476 g/mol. The molecule has 4 aromatic rings. The number of methoxy groups -OCH3 is 1. The zero-order chi connectivity index (χ0) is 24.2. The molecule has 0 aliphatic heterocycles. The van der Waals surface area contributed by atoms with Crippen LogP contribution < -0.4 is 10.1 Å². The van der Waals surface area contributed by atoms with Gasteiger partial charge in [-0.2, -0.15) is 13.4 Å². The van der Waals surface area contributed by atoms with E-state index in [9.17, 15) is 12.8 Å². The van der Waals surface area contributed by atoms with Gasteiger partial charge in [0.1, 0.15) is 29.2 Å². The molecule has 0 saturated heterocycles. The van der Waals surface area contributed by atoms with Crippen LogP contribution in [0.5, 0.6) is 5.75 Å². The largest absolute Gasteiger partial charge is 0.494 e. The van der Waals surface area contributed by atoms with E-state index in [-0.39, 0.29) is 6.04 Å². The Morgan fingerprint density at radius 1 is 1.21 bits per heavy atom. The minimum absolute atomic E-state index is 0.242. The molecule has 1 atom stereocenters. The summed E-state index contributed by atoms with van der Waals surface area (Å²) in [4.78, 5) is 17.1. The van der Waals surface area contributed by atoms with Crippen molar-refractivity contribution in [2.45, 2.75) is 19.9 Å². The fraction of sp³-hybridized carbons (Fsp3) is 0.250. The number of halogens is 1. The maximum atomic E-state index is 13.2. The van der Waals surface area contributed by atoms with Crippen LogP contribution >= 0.6 is 0 Å². The molecule has 0 radical (unpaired) electrons. The average Bonchev–Trinajstić information content (AvgIpc) is 3.19. The Labute approximate surface area is 188 Å². The summed E-state index contributed by atoms with van der Waals surface area (Å²) < 4.78 is 49.6. The third-order valence-electron chi connectivity index (χ3n) is 4.23. The highest BCUT2D eigenvalue weighted by Gasteiger charge is 2.17. The van der Waals surface area contributed by atoms with Crippen LogP contribution in [0.4, 0.5) is 10.2 Å². The highest BCUT2D eigenvalue weighted by molar-refractivity contribution is 7.85. The van der Waals surface area contributed by atoms with Gasteiger partial charge >= 0.3 is 0 Å². The number of aromatic nitrogens is 5. The Morgan fingerprint density at radius 3 is 2.52 bits per heavy atom. The molecule has 0 fully saturated rings. The number of rotatable bonds is 5. The Balaban J connectivity index is 0.000000555. The van der Waals surface area contributed by atoms with Gasteiger partial charge in [-0.1, -0.05) is 5.16 Å². The van der Waals surface area contributed by atoms with Crippen molar-refractivity contribution in [1.29, 1.82) is 0 Å². The predicted molar refractivity (Wildman–Crippen MR) is 118 cm³/mol. The van der Waals surface area contributed by atoms with Gasteiger partial charge in [0.05, 0.1) is 31.3 Å². The van der Waals surface area contributed by atoms with E-state index in [0.717, 1.165) is 10.9 Å². The molecule has 0 saturated carbocycles. The van der Waals surface area contributed by atoms with E-state index in [0.29, 0.717) is 40.7 Å². The first-order chi connectivity index (χ1) is 15.5. The zero-order valence-electron chi connectivity index (χ0n) is 18.1. The standard InChI is InChI=1S/C19H17FN6O2.CH4O3S/c1-10(18-25-11(2)28-26-18)24-19-14-6-12(15-5-4-13(20)8-21-15)7-16(27-3)17(14)22-9-23-19;1-5(2,3)4/h4-10H,1-3H3,(H,22,23,24);1H3,(H,2,3,4). The van der Waals surface area contributed by atoms with Gasteiger partial charge < -0.3 is 14.6 Å². The molecule has 13 heteroatoms. The molecule has 1 unspecified atom stereocenters. The Kier molecular flexibility index (Phi) is 7.13. The summed E-state index contributed by atoms with van der Waals surface area (Å²) in [6.45, 7) is 3.64. The molecular formula is C20H21FN6O5S. The van der Waals surface area contributed by atoms with Crippen LogP contribution in [0.25, 0.3) is 22.2 Å². The summed E-state index contributed by atoms with van der Waals surface area (Å²) in [6.07, 6.45) is 3.34. The van der Waals surface area contributed by atoms with E-state index in [2.05, 4.69) is 30.4 Å². The van der Waals surface area contributed by atoms with Crippen molar-refractivity contribution < 1.29 is 26.6 Å². The lowest BCUT2D eigenvalue weighted by molar-refractivity contribution is 0.385. The molecule has 1 aromatic carbocycles. The van der Waals surface area contributed by atoms with Gasteiger partial charge in [-0.3, -0.25) is 9.54 Å². The fourth-order valence-electron chi connectivity index (χ4n) is 2.86. The number of pyridine rings is 1. The molecule has 3 aromatic heterocycles. The summed E-state index contributed by atoms with van der Waals surface area (Å²) in [7, 11) is -2.10. The Hall–Kier alpha value is -3.71. The van der Waals surface area contributed by atoms with Crippen molar-refractivity contribution in [2.24, 2.45) is 0 Å². The van der Waals surface area contributed by atoms with Crippen LogP contribution in [0.2, 0.25) is 0 Å². The second kappa shape index (κ2) is 9.83. The van der Waals surface area contributed by atoms with Gasteiger partial charge in [0.15, 0.2) is 5.82 Å². The number of aryl methyl sites for hydroxylation is 1. The van der Waals surface area contributed by atoms with Crippen molar-refractivity contribution in [2.75, 3.05) is 18.7 Å². The molecule has 11 nitrogen and oxygen atoms in total. The van der Waals surface area contributed by atoms with Crippen LogP contribution in [0.1, 0.15) is 24.7 Å². The number of nitrogens with zero attached hydrogens (tertiary/aromatic N) is 5. The Morgan fingerprint density at radius 2 is 1.94 bits per heavy atom. The van der Waals surface area contributed by atoms with Crippen molar-refractivity contribution in [3.8, 4) is 17.0 Å². The van der Waals surface area contributed by atoms with Gasteiger partial charge in [0.25, 0.3) is 10.1 Å². The number of ether oxygens (including phenoxy) is 1. The highest BCUT2D eigenvalue weighted by Crippen LogP contribution is 2.34. The smallest absolute Gasteiger partial charge is 0.261 e. The molecule has 0 amide bonds. The van der Waals surface area contributed by atoms with Crippen molar-refractivity contribution in [1.82, 2.24) is 25.1 Å². The van der Waals surface area contributed by atoms with E-state index >= 15 is 0 Å². The first-order valence-corrected chi connectivity index (χ1v) is 11.3. The van der Waals surface area contributed by atoms with E-state index < -0.39 is 15.9 Å². The zero-order valence-corrected chi connectivity index (χ0v) is 19.0. The summed E-state index contributed by atoms with van der Waals surface area (Å²) in [6, 6.07) is 6.42. The maximum Gasteiger partial charge on any atom is 0.261 e. The molecule has 0 aliphatic rings. The van der Waals surface area contributed by atoms with Crippen LogP contribution in [-0.4, -0.2) is 51.4 Å². The molecule has 174 valence electrons. The summed E-state index contributed by atoms with van der Waals surface area (Å²) in [5.74, 6) is 1.76. The van der Waals surface area contributed by atoms with Crippen LogP contribution in [-0.2, 0) is 10.1 Å². The van der Waals surface area contributed by atoms with Gasteiger partial charge in [0.2, 0.25) is 5.89 Å². The third-order valence-corrected chi connectivity index (χ3v) is 4.23. The maximum absolute atomic E-state index is 13.2. The van der Waals surface area contributed by atoms with Gasteiger partial charge in [-0.25, -0.2) is 14.4 Å². The van der Waals surface area contributed by atoms with E-state index in [1.54, 1.807) is 20.1 Å². The molecule has 0 bridgehead atoms. The number of fused-ring (bicyclic) bond motifs is 1. The quantitative estimate of drug-likeness (QED) is 0.408. The molecule has 33 heavy (non-hydrogen) atoms. The van der Waals surface area contributed by atoms with Crippen LogP contribution in [0.15, 0.2) is 41.3 Å². The lowest BCUT2D eigenvalue weighted by atomic mass is 10.1. The predicted octanol–water partition coefficient (Wildman–Crippen LogP) is 3.21. The highest BCUT2D eigenvalue weighted by atomic mass is 32.2. The van der Waals surface area contributed by atoms with Crippen LogP contribution in [0.3, 0.4) is 0 Å². The first kappa shape index (κ1) is 23.9. The molecule has 0 aliphatic carbocycles. The number of hydrogen-bond donors (Lipinski definition) is 2. The molecular weight excluding hydrogens is 455 g/mol. The monoisotopic (exact) mass is 476 g/mol. The number of hydrogen-bond acceptors (Lipinski definition) is 10. The number of benzene rings is 1. The molecule has 3 heterocycles. The number of anilines is 1. The molecule has 0 spiro atoms. The summed E-state index contributed by atoms with van der Waals surface area (Å²) in [5.41, 5.74) is 2.01. The fourth-order valence-corrected chi connectivity index (χ4v) is 2.86. The Bertz CT molecular complexity index is 1350. The van der Waals surface area contributed by atoms with Gasteiger partial charge in [-0.15, -0.1) is 0 Å². The first-order valence-electron chi connectivity index (χ1n) is 9.49. The van der Waals surface area contributed by atoms with E-state index in [1.165, 1.54) is 18.6 Å². The minimum Gasteiger partial charge on any atom is -0.494 e. The lowest BCUT2D eigenvalue weighted by Crippen LogP contribution is -2.10. The normalized spacial score (nSPS) is 12.1. The lowest BCUT2D eigenvalue weighted by Gasteiger charge is -2.15. The van der Waals surface area contributed by atoms with E-state index in [4.69, 9.17) is 13.8 Å². The molecule has 2 N–H and O–H groups in total. The van der Waals surface area contributed by atoms with Gasteiger partial charge in [0, 0.05) is 17.9 Å². The number of nitrogens with one attached hydrogen (secondary N) is 1. The van der Waals surface area contributed by atoms with E-state index in [1.807, 2.05) is 19.1 Å². The second-order valence-electron chi connectivity index (χ2n) is 6.93. The second-order valence-corrected chi connectivity index (χ2v) is 8.40. The third kappa shape index (κ3) is 6.40. The van der Waals surface area contributed by atoms with Gasteiger partial charge in [-0.05, 0) is 31.2 Å². The summed E-state index contributed by atoms with van der Waals surface area (Å²) in [5, 5.41) is 7.95. The minimum atomic E-state index is -3.67.